The van der Waals surface area contributed by atoms with E-state index in [1.54, 1.807) is 0 Å². The standard InChI is InChI=1S/C17H24F2N4O2.ClH/c18-13-3-4-14(15(19)12-13)17(25)22-5-1-2-16(24)21-8-11-23-9-6-20-7-10-23;/h3-4,12,20H,1-2,5-11H2,(H,21,24)(H,22,25);1H. The number of hydrogen-bond acceptors (Lipinski definition) is 4. The van der Waals surface area contributed by atoms with Crippen LogP contribution < -0.4 is 16.0 Å². The average Bonchev–Trinajstić information content (AvgIpc) is 2.59. The Morgan fingerprint density at radius 3 is 2.54 bits per heavy atom. The van der Waals surface area contributed by atoms with E-state index >= 15 is 0 Å². The maximum Gasteiger partial charge on any atom is 0.254 e. The van der Waals surface area contributed by atoms with Crippen LogP contribution in [0.5, 0.6) is 0 Å². The topological polar surface area (TPSA) is 73.5 Å². The van der Waals surface area contributed by atoms with E-state index in [-0.39, 0.29) is 36.8 Å². The van der Waals surface area contributed by atoms with Crippen molar-refractivity contribution in [1.82, 2.24) is 20.9 Å². The van der Waals surface area contributed by atoms with E-state index in [0.29, 0.717) is 19.0 Å². The maximum absolute atomic E-state index is 13.5. The second kappa shape index (κ2) is 11.8. The summed E-state index contributed by atoms with van der Waals surface area (Å²) in [6.07, 6.45) is 0.738. The Balaban J connectivity index is 0.00000338. The number of amides is 2. The zero-order chi connectivity index (χ0) is 18.1. The highest BCUT2D eigenvalue weighted by Crippen LogP contribution is 2.09. The molecule has 1 fully saturated rings. The first-order valence-electron chi connectivity index (χ1n) is 8.49. The summed E-state index contributed by atoms with van der Waals surface area (Å²) in [5.41, 5.74) is -0.207. The molecule has 9 heteroatoms. The normalized spacial score (nSPS) is 14.4. The van der Waals surface area contributed by atoms with E-state index in [1.165, 1.54) is 0 Å². The van der Waals surface area contributed by atoms with Crippen LogP contribution >= 0.6 is 12.4 Å². The van der Waals surface area contributed by atoms with Gasteiger partial charge in [0.25, 0.3) is 5.91 Å². The number of piperazine rings is 1. The summed E-state index contributed by atoms with van der Waals surface area (Å²) >= 11 is 0. The van der Waals surface area contributed by atoms with Crippen molar-refractivity contribution in [3.8, 4) is 0 Å². The third kappa shape index (κ3) is 7.63. The molecule has 6 nitrogen and oxygen atoms in total. The van der Waals surface area contributed by atoms with E-state index < -0.39 is 17.5 Å². The lowest BCUT2D eigenvalue weighted by atomic mass is 10.2. The predicted octanol–water partition coefficient (Wildman–Crippen LogP) is 0.918. The Morgan fingerprint density at radius 1 is 1.12 bits per heavy atom. The molecule has 1 aromatic rings. The third-order valence-electron chi connectivity index (χ3n) is 4.00. The van der Waals surface area contributed by atoms with Crippen molar-refractivity contribution < 1.29 is 18.4 Å². The van der Waals surface area contributed by atoms with Gasteiger partial charge >= 0.3 is 0 Å². The minimum absolute atomic E-state index is 0. The maximum atomic E-state index is 13.5. The fourth-order valence-corrected chi connectivity index (χ4v) is 2.60. The Kier molecular flexibility index (Phi) is 10.1. The average molecular weight is 391 g/mol. The molecule has 0 bridgehead atoms. The zero-order valence-electron chi connectivity index (χ0n) is 14.5. The van der Waals surface area contributed by atoms with Crippen LogP contribution in [0.1, 0.15) is 23.2 Å². The largest absolute Gasteiger partial charge is 0.355 e. The van der Waals surface area contributed by atoms with Crippen LogP contribution in [0.2, 0.25) is 0 Å². The first kappa shape index (κ1) is 22.3. The fraction of sp³-hybridized carbons (Fsp3) is 0.529. The van der Waals surface area contributed by atoms with Gasteiger partial charge in [0.15, 0.2) is 0 Å². The number of nitrogens with one attached hydrogen (secondary N) is 3. The molecule has 1 aromatic carbocycles. The van der Waals surface area contributed by atoms with Crippen LogP contribution in [0.3, 0.4) is 0 Å². The fourth-order valence-electron chi connectivity index (χ4n) is 2.60. The molecule has 0 atom stereocenters. The molecule has 0 aromatic heterocycles. The molecule has 0 radical (unpaired) electrons. The zero-order valence-corrected chi connectivity index (χ0v) is 15.3. The number of carbonyl (C=O) groups excluding carboxylic acids is 2. The van der Waals surface area contributed by atoms with Crippen molar-refractivity contribution in [2.24, 2.45) is 0 Å². The summed E-state index contributed by atoms with van der Waals surface area (Å²) in [5, 5.41) is 8.65. The molecule has 0 saturated carbocycles. The summed E-state index contributed by atoms with van der Waals surface area (Å²) in [6, 6.07) is 2.80. The lowest BCUT2D eigenvalue weighted by Gasteiger charge is -2.27. The highest BCUT2D eigenvalue weighted by atomic mass is 35.5. The Morgan fingerprint density at radius 2 is 1.85 bits per heavy atom. The van der Waals surface area contributed by atoms with Gasteiger partial charge in [-0.3, -0.25) is 14.5 Å². The summed E-state index contributed by atoms with van der Waals surface area (Å²) in [4.78, 5) is 25.8. The van der Waals surface area contributed by atoms with Gasteiger partial charge in [-0.1, -0.05) is 0 Å². The van der Waals surface area contributed by atoms with Gasteiger partial charge in [-0.05, 0) is 18.6 Å². The summed E-state index contributed by atoms with van der Waals surface area (Å²) in [6.45, 7) is 5.61. The molecule has 1 aliphatic heterocycles. The molecule has 0 aliphatic carbocycles. The smallest absolute Gasteiger partial charge is 0.254 e. The number of nitrogens with zero attached hydrogens (tertiary/aromatic N) is 1. The first-order valence-corrected chi connectivity index (χ1v) is 8.49. The molecule has 1 heterocycles. The summed E-state index contributed by atoms with van der Waals surface area (Å²) < 4.78 is 26.3. The SMILES string of the molecule is Cl.O=C(CCCNC(=O)c1ccc(F)cc1F)NCCN1CCNCC1. The van der Waals surface area contributed by atoms with E-state index in [9.17, 15) is 18.4 Å². The van der Waals surface area contributed by atoms with Crippen molar-refractivity contribution >= 4 is 24.2 Å². The molecule has 1 aliphatic rings. The van der Waals surface area contributed by atoms with Gasteiger partial charge in [0.05, 0.1) is 5.56 Å². The Hall–Kier alpha value is -1.77. The molecule has 2 amide bonds. The van der Waals surface area contributed by atoms with Crippen molar-refractivity contribution in [1.29, 1.82) is 0 Å². The Bertz CT molecular complexity index is 598. The van der Waals surface area contributed by atoms with Crippen LogP contribution in [-0.4, -0.2) is 62.5 Å². The molecule has 0 spiro atoms. The number of hydrogen-bond donors (Lipinski definition) is 3. The van der Waals surface area contributed by atoms with Crippen molar-refractivity contribution in [2.45, 2.75) is 12.8 Å². The number of benzene rings is 1. The van der Waals surface area contributed by atoms with E-state index in [2.05, 4.69) is 20.9 Å². The van der Waals surface area contributed by atoms with Crippen LogP contribution in [0.25, 0.3) is 0 Å². The van der Waals surface area contributed by atoms with Gasteiger partial charge in [0, 0.05) is 58.3 Å². The second-order valence-electron chi connectivity index (χ2n) is 5.93. The van der Waals surface area contributed by atoms with Crippen molar-refractivity contribution in [2.75, 3.05) is 45.8 Å². The number of halogens is 3. The van der Waals surface area contributed by atoms with Crippen LogP contribution in [0.4, 0.5) is 8.78 Å². The van der Waals surface area contributed by atoms with Gasteiger partial charge in [0.1, 0.15) is 11.6 Å². The molecular weight excluding hydrogens is 366 g/mol. The van der Waals surface area contributed by atoms with E-state index in [0.717, 1.165) is 44.9 Å². The van der Waals surface area contributed by atoms with Gasteiger partial charge in [-0.2, -0.15) is 0 Å². The molecule has 2 rings (SSSR count). The number of carbonyl (C=O) groups is 2. The minimum Gasteiger partial charge on any atom is -0.355 e. The van der Waals surface area contributed by atoms with Crippen molar-refractivity contribution in [3.05, 3.63) is 35.4 Å². The third-order valence-corrected chi connectivity index (χ3v) is 4.00. The van der Waals surface area contributed by atoms with Crippen LogP contribution in [0.15, 0.2) is 18.2 Å². The summed E-state index contributed by atoms with van der Waals surface area (Å²) in [5.74, 6) is -2.32. The van der Waals surface area contributed by atoms with Crippen LogP contribution in [0, 0.1) is 11.6 Å². The number of rotatable bonds is 8. The highest BCUT2D eigenvalue weighted by Gasteiger charge is 2.12. The molecule has 3 N–H and O–H groups in total. The minimum atomic E-state index is -0.900. The lowest BCUT2D eigenvalue weighted by Crippen LogP contribution is -2.46. The second-order valence-corrected chi connectivity index (χ2v) is 5.93. The molecule has 146 valence electrons. The first-order chi connectivity index (χ1) is 12.1. The Labute approximate surface area is 158 Å². The van der Waals surface area contributed by atoms with Gasteiger partial charge in [-0.25, -0.2) is 8.78 Å². The quantitative estimate of drug-likeness (QED) is 0.577. The van der Waals surface area contributed by atoms with Crippen LogP contribution in [-0.2, 0) is 4.79 Å². The van der Waals surface area contributed by atoms with Gasteiger partial charge in [0.2, 0.25) is 5.91 Å². The molecule has 1 saturated heterocycles. The van der Waals surface area contributed by atoms with Gasteiger partial charge in [-0.15, -0.1) is 12.4 Å². The summed E-state index contributed by atoms with van der Waals surface area (Å²) in [7, 11) is 0. The highest BCUT2D eigenvalue weighted by molar-refractivity contribution is 5.94. The molecule has 26 heavy (non-hydrogen) atoms. The van der Waals surface area contributed by atoms with Gasteiger partial charge < -0.3 is 16.0 Å². The molecular formula is C17H25ClF2N4O2. The monoisotopic (exact) mass is 390 g/mol. The van der Waals surface area contributed by atoms with E-state index in [4.69, 9.17) is 0 Å². The van der Waals surface area contributed by atoms with E-state index in [1.807, 2.05) is 0 Å². The predicted molar refractivity (Wildman–Crippen MR) is 97.5 cm³/mol. The molecule has 0 unspecified atom stereocenters. The lowest BCUT2D eigenvalue weighted by molar-refractivity contribution is -0.121. The van der Waals surface area contributed by atoms with Crippen molar-refractivity contribution in [3.63, 3.8) is 0 Å².